The van der Waals surface area contributed by atoms with E-state index in [4.69, 9.17) is 15.7 Å². The van der Waals surface area contributed by atoms with Gasteiger partial charge in [-0.25, -0.2) is 0 Å². The number of benzene rings is 1. The Morgan fingerprint density at radius 1 is 1.40 bits per heavy atom. The molecule has 0 bridgehead atoms. The SMILES string of the molecule is Cc1ccc(-c2noc([C@H]3CCN(C(=N)N)C3)n2)cc1. The van der Waals surface area contributed by atoms with E-state index in [9.17, 15) is 0 Å². The van der Waals surface area contributed by atoms with Gasteiger partial charge in [-0.15, -0.1) is 0 Å². The van der Waals surface area contributed by atoms with E-state index in [1.54, 1.807) is 0 Å². The molecular weight excluding hydrogens is 254 g/mol. The van der Waals surface area contributed by atoms with Gasteiger partial charge in [0.2, 0.25) is 11.7 Å². The molecule has 1 saturated heterocycles. The minimum atomic E-state index is 0.103. The molecule has 3 N–H and O–H groups in total. The van der Waals surface area contributed by atoms with Gasteiger partial charge in [0.05, 0.1) is 5.92 Å². The topological polar surface area (TPSA) is 92.0 Å². The second kappa shape index (κ2) is 4.96. The van der Waals surface area contributed by atoms with Crippen molar-refractivity contribution in [3.05, 3.63) is 35.7 Å². The van der Waals surface area contributed by atoms with Crippen molar-refractivity contribution in [3.63, 3.8) is 0 Å². The molecule has 6 heteroatoms. The second-order valence-corrected chi connectivity index (χ2v) is 5.14. The van der Waals surface area contributed by atoms with Crippen LogP contribution in [-0.2, 0) is 0 Å². The van der Waals surface area contributed by atoms with Crippen LogP contribution < -0.4 is 5.73 Å². The predicted octanol–water partition coefficient (Wildman–Crippen LogP) is 1.73. The molecule has 3 rings (SSSR count). The Morgan fingerprint density at radius 3 is 2.80 bits per heavy atom. The largest absolute Gasteiger partial charge is 0.370 e. The van der Waals surface area contributed by atoms with Crippen LogP contribution in [0.3, 0.4) is 0 Å². The molecule has 2 heterocycles. The van der Waals surface area contributed by atoms with Gasteiger partial charge >= 0.3 is 0 Å². The lowest BCUT2D eigenvalue weighted by atomic mass is 10.1. The van der Waals surface area contributed by atoms with Crippen LogP contribution in [-0.4, -0.2) is 34.1 Å². The summed E-state index contributed by atoms with van der Waals surface area (Å²) >= 11 is 0. The Kier molecular flexibility index (Phi) is 3.14. The van der Waals surface area contributed by atoms with E-state index in [2.05, 4.69) is 10.1 Å². The van der Waals surface area contributed by atoms with Crippen molar-refractivity contribution in [2.45, 2.75) is 19.3 Å². The summed E-state index contributed by atoms with van der Waals surface area (Å²) in [4.78, 5) is 6.29. The quantitative estimate of drug-likeness (QED) is 0.641. The fourth-order valence-electron chi connectivity index (χ4n) is 2.40. The zero-order valence-corrected chi connectivity index (χ0v) is 11.3. The summed E-state index contributed by atoms with van der Waals surface area (Å²) in [6.45, 7) is 3.48. The molecule has 0 aliphatic carbocycles. The third kappa shape index (κ3) is 2.36. The zero-order chi connectivity index (χ0) is 14.1. The van der Waals surface area contributed by atoms with Crippen molar-refractivity contribution in [1.29, 1.82) is 5.41 Å². The molecule has 6 nitrogen and oxygen atoms in total. The van der Waals surface area contributed by atoms with Crippen molar-refractivity contribution >= 4 is 5.96 Å². The Bertz CT molecular complexity index is 619. The molecular formula is C14H17N5O. The van der Waals surface area contributed by atoms with E-state index < -0.39 is 0 Å². The number of aromatic nitrogens is 2. The number of hydrogen-bond donors (Lipinski definition) is 2. The van der Waals surface area contributed by atoms with Crippen LogP contribution in [0, 0.1) is 12.3 Å². The molecule has 0 spiro atoms. The highest BCUT2D eigenvalue weighted by Crippen LogP contribution is 2.27. The Labute approximate surface area is 117 Å². The highest BCUT2D eigenvalue weighted by Gasteiger charge is 2.29. The Morgan fingerprint density at radius 2 is 2.15 bits per heavy atom. The van der Waals surface area contributed by atoms with Crippen LogP contribution in [0.25, 0.3) is 11.4 Å². The fraction of sp³-hybridized carbons (Fsp3) is 0.357. The maximum atomic E-state index is 7.44. The van der Waals surface area contributed by atoms with Crippen LogP contribution in [0.5, 0.6) is 0 Å². The molecule has 1 aromatic carbocycles. The lowest BCUT2D eigenvalue weighted by Gasteiger charge is -2.14. The van der Waals surface area contributed by atoms with Gasteiger partial charge in [0.1, 0.15) is 0 Å². The molecule has 0 unspecified atom stereocenters. The molecule has 2 aromatic rings. The van der Waals surface area contributed by atoms with Crippen LogP contribution in [0.2, 0.25) is 0 Å². The molecule has 1 aliphatic rings. The van der Waals surface area contributed by atoms with Crippen molar-refractivity contribution < 1.29 is 4.52 Å². The maximum Gasteiger partial charge on any atom is 0.231 e. The van der Waals surface area contributed by atoms with E-state index >= 15 is 0 Å². The number of likely N-dealkylation sites (tertiary alicyclic amines) is 1. The average molecular weight is 271 g/mol. The minimum absolute atomic E-state index is 0.103. The molecule has 1 atom stereocenters. The average Bonchev–Trinajstić information content (AvgIpc) is 3.08. The summed E-state index contributed by atoms with van der Waals surface area (Å²) in [5.41, 5.74) is 7.64. The first-order valence-corrected chi connectivity index (χ1v) is 6.63. The third-order valence-corrected chi connectivity index (χ3v) is 3.63. The minimum Gasteiger partial charge on any atom is -0.370 e. The highest BCUT2D eigenvalue weighted by atomic mass is 16.5. The number of rotatable bonds is 2. The Hall–Kier alpha value is -2.37. The van der Waals surface area contributed by atoms with Gasteiger partial charge in [0, 0.05) is 18.7 Å². The number of nitrogens with one attached hydrogen (secondary N) is 1. The van der Waals surface area contributed by atoms with E-state index in [0.717, 1.165) is 18.5 Å². The van der Waals surface area contributed by atoms with Crippen LogP contribution in [0.4, 0.5) is 0 Å². The molecule has 20 heavy (non-hydrogen) atoms. The van der Waals surface area contributed by atoms with E-state index in [0.29, 0.717) is 18.3 Å². The number of nitrogens with two attached hydrogens (primary N) is 1. The fourth-order valence-corrected chi connectivity index (χ4v) is 2.40. The van der Waals surface area contributed by atoms with Crippen molar-refractivity contribution in [2.24, 2.45) is 5.73 Å². The molecule has 0 saturated carbocycles. The standard InChI is InChI=1S/C14H17N5O/c1-9-2-4-10(5-3-9)12-17-13(20-18-12)11-6-7-19(8-11)14(15)16/h2-5,11H,6-8H2,1H3,(H3,15,16)/t11-/m0/s1. The van der Waals surface area contributed by atoms with Crippen LogP contribution in [0.1, 0.15) is 23.8 Å². The summed E-state index contributed by atoms with van der Waals surface area (Å²) in [7, 11) is 0. The normalized spacial score (nSPS) is 18.4. The van der Waals surface area contributed by atoms with Gasteiger partial charge in [0.25, 0.3) is 0 Å². The predicted molar refractivity (Wildman–Crippen MR) is 75.3 cm³/mol. The molecule has 0 radical (unpaired) electrons. The molecule has 1 aromatic heterocycles. The zero-order valence-electron chi connectivity index (χ0n) is 11.3. The highest BCUT2D eigenvalue weighted by molar-refractivity contribution is 5.75. The number of hydrogen-bond acceptors (Lipinski definition) is 4. The summed E-state index contributed by atoms with van der Waals surface area (Å²) in [5.74, 6) is 1.50. The van der Waals surface area contributed by atoms with Crippen LogP contribution >= 0.6 is 0 Å². The molecule has 104 valence electrons. The van der Waals surface area contributed by atoms with Crippen molar-refractivity contribution in [2.75, 3.05) is 13.1 Å². The van der Waals surface area contributed by atoms with Crippen LogP contribution in [0.15, 0.2) is 28.8 Å². The van der Waals surface area contributed by atoms with Crippen molar-refractivity contribution in [1.82, 2.24) is 15.0 Å². The monoisotopic (exact) mass is 271 g/mol. The van der Waals surface area contributed by atoms with E-state index in [-0.39, 0.29) is 11.9 Å². The number of guanidine groups is 1. The summed E-state index contributed by atoms with van der Waals surface area (Å²) in [6, 6.07) is 8.03. The molecule has 0 amide bonds. The lowest BCUT2D eigenvalue weighted by molar-refractivity contribution is 0.354. The maximum absolute atomic E-state index is 7.44. The van der Waals surface area contributed by atoms with Gasteiger partial charge in [-0.1, -0.05) is 35.0 Å². The van der Waals surface area contributed by atoms with Gasteiger partial charge in [-0.05, 0) is 13.3 Å². The summed E-state index contributed by atoms with van der Waals surface area (Å²) in [5, 5.41) is 11.5. The van der Waals surface area contributed by atoms with E-state index in [1.165, 1.54) is 5.56 Å². The molecule has 1 fully saturated rings. The Balaban J connectivity index is 1.77. The molecule has 1 aliphatic heterocycles. The number of nitrogens with zero attached hydrogens (tertiary/aromatic N) is 3. The first-order chi connectivity index (χ1) is 9.63. The smallest absolute Gasteiger partial charge is 0.231 e. The van der Waals surface area contributed by atoms with Gasteiger partial charge in [0.15, 0.2) is 5.96 Å². The first kappa shape index (κ1) is 12.7. The lowest BCUT2D eigenvalue weighted by Crippen LogP contribution is -2.34. The van der Waals surface area contributed by atoms with Gasteiger partial charge in [-0.2, -0.15) is 4.98 Å². The summed E-state index contributed by atoms with van der Waals surface area (Å²) in [6.07, 6.45) is 0.884. The van der Waals surface area contributed by atoms with Gasteiger partial charge < -0.3 is 15.2 Å². The number of aryl methyl sites for hydroxylation is 1. The first-order valence-electron chi connectivity index (χ1n) is 6.63. The van der Waals surface area contributed by atoms with Gasteiger partial charge in [-0.3, -0.25) is 5.41 Å². The van der Waals surface area contributed by atoms with Crippen molar-refractivity contribution in [3.8, 4) is 11.4 Å². The third-order valence-electron chi connectivity index (χ3n) is 3.63. The van der Waals surface area contributed by atoms with E-state index in [1.807, 2.05) is 36.1 Å². The summed E-state index contributed by atoms with van der Waals surface area (Å²) < 4.78 is 5.36. The second-order valence-electron chi connectivity index (χ2n) is 5.14.